The molecule has 1 heterocycles. The summed E-state index contributed by atoms with van der Waals surface area (Å²) in [5.41, 5.74) is 1.86. The number of nitrogens with zero attached hydrogens (tertiary/aromatic N) is 2. The van der Waals surface area contributed by atoms with Crippen molar-refractivity contribution < 1.29 is 9.59 Å². The van der Waals surface area contributed by atoms with Gasteiger partial charge in [-0.2, -0.15) is 0 Å². The molecule has 0 fully saturated rings. The molecule has 7 nitrogen and oxygen atoms in total. The van der Waals surface area contributed by atoms with Crippen LogP contribution in [0.4, 0.5) is 10.5 Å². The Morgan fingerprint density at radius 3 is 2.39 bits per heavy atom. The van der Waals surface area contributed by atoms with Gasteiger partial charge in [0.25, 0.3) is 5.91 Å². The van der Waals surface area contributed by atoms with E-state index in [9.17, 15) is 9.59 Å². The van der Waals surface area contributed by atoms with Crippen molar-refractivity contribution in [2.24, 2.45) is 0 Å². The SMILES string of the molecule is CNC(=O)Nc1ccc(CNC(=O)c2nccnc2Sc2ccccc2)cc1. The van der Waals surface area contributed by atoms with Crippen LogP contribution in [0.3, 0.4) is 0 Å². The zero-order valence-corrected chi connectivity index (χ0v) is 16.0. The van der Waals surface area contributed by atoms with E-state index in [0.717, 1.165) is 10.5 Å². The Morgan fingerprint density at radius 1 is 0.964 bits per heavy atom. The largest absolute Gasteiger partial charge is 0.347 e. The molecule has 8 heteroatoms. The van der Waals surface area contributed by atoms with E-state index < -0.39 is 0 Å². The van der Waals surface area contributed by atoms with E-state index >= 15 is 0 Å². The van der Waals surface area contributed by atoms with E-state index in [1.165, 1.54) is 18.0 Å². The minimum atomic E-state index is -0.293. The summed E-state index contributed by atoms with van der Waals surface area (Å²) >= 11 is 1.39. The molecule has 1 aromatic heterocycles. The van der Waals surface area contributed by atoms with Gasteiger partial charge in [0.15, 0.2) is 5.69 Å². The Bertz CT molecular complexity index is 948. The first-order valence-electron chi connectivity index (χ1n) is 8.55. The van der Waals surface area contributed by atoms with Gasteiger partial charge in [-0.15, -0.1) is 0 Å². The Morgan fingerprint density at radius 2 is 1.68 bits per heavy atom. The lowest BCUT2D eigenvalue weighted by molar-refractivity contribution is 0.0942. The Hall–Kier alpha value is -3.39. The van der Waals surface area contributed by atoms with Crippen LogP contribution in [-0.2, 0) is 6.54 Å². The molecule has 2 aromatic carbocycles. The number of carbonyl (C=O) groups excluding carboxylic acids is 2. The van der Waals surface area contributed by atoms with Gasteiger partial charge in [-0.1, -0.05) is 42.1 Å². The smallest absolute Gasteiger partial charge is 0.318 e. The second-order valence-electron chi connectivity index (χ2n) is 5.71. The minimum Gasteiger partial charge on any atom is -0.347 e. The number of anilines is 1. The van der Waals surface area contributed by atoms with Crippen molar-refractivity contribution in [3.63, 3.8) is 0 Å². The summed E-state index contributed by atoms with van der Waals surface area (Å²) in [6.45, 7) is 0.338. The van der Waals surface area contributed by atoms with E-state index in [1.807, 2.05) is 42.5 Å². The third-order valence-corrected chi connectivity index (χ3v) is 4.73. The van der Waals surface area contributed by atoms with E-state index in [2.05, 4.69) is 25.9 Å². The minimum absolute atomic E-state index is 0.285. The molecule has 3 rings (SSSR count). The van der Waals surface area contributed by atoms with Gasteiger partial charge < -0.3 is 16.0 Å². The van der Waals surface area contributed by atoms with Crippen molar-refractivity contribution in [2.75, 3.05) is 12.4 Å². The third kappa shape index (κ3) is 5.31. The number of urea groups is 1. The standard InChI is InChI=1S/C20H19N5O2S/c1-21-20(27)25-15-9-7-14(8-10-15)13-24-18(26)17-19(23-12-11-22-17)28-16-5-3-2-4-6-16/h2-12H,13H2,1H3,(H,24,26)(H2,21,25,27). The van der Waals surface area contributed by atoms with Crippen LogP contribution in [0, 0.1) is 0 Å². The molecular formula is C20H19N5O2S. The normalized spacial score (nSPS) is 10.2. The van der Waals surface area contributed by atoms with Crippen LogP contribution >= 0.6 is 11.8 Å². The third-order valence-electron chi connectivity index (χ3n) is 3.73. The summed E-state index contributed by atoms with van der Waals surface area (Å²) < 4.78 is 0. The molecule has 0 saturated heterocycles. The maximum atomic E-state index is 12.6. The summed E-state index contributed by atoms with van der Waals surface area (Å²) in [6.07, 6.45) is 3.07. The highest BCUT2D eigenvalue weighted by atomic mass is 32.2. The van der Waals surface area contributed by atoms with E-state index in [0.29, 0.717) is 17.3 Å². The molecule has 142 valence electrons. The number of aromatic nitrogens is 2. The molecule has 0 unspecified atom stereocenters. The van der Waals surface area contributed by atoms with Crippen LogP contribution < -0.4 is 16.0 Å². The van der Waals surface area contributed by atoms with Crippen molar-refractivity contribution in [1.82, 2.24) is 20.6 Å². The highest BCUT2D eigenvalue weighted by Crippen LogP contribution is 2.27. The molecule has 0 aliphatic heterocycles. The molecule has 3 amide bonds. The monoisotopic (exact) mass is 393 g/mol. The predicted molar refractivity (Wildman–Crippen MR) is 108 cm³/mol. The van der Waals surface area contributed by atoms with Crippen molar-refractivity contribution in [3.05, 3.63) is 78.2 Å². The van der Waals surface area contributed by atoms with Crippen molar-refractivity contribution in [3.8, 4) is 0 Å². The van der Waals surface area contributed by atoms with Gasteiger partial charge in [0, 0.05) is 36.6 Å². The summed E-state index contributed by atoms with van der Waals surface area (Å²) in [5.74, 6) is -0.293. The second-order valence-corrected chi connectivity index (χ2v) is 6.77. The van der Waals surface area contributed by atoms with Crippen LogP contribution in [0.5, 0.6) is 0 Å². The van der Waals surface area contributed by atoms with Crippen molar-refractivity contribution in [1.29, 1.82) is 0 Å². The molecule has 0 atom stereocenters. The summed E-state index contributed by atoms with van der Waals surface area (Å²) in [7, 11) is 1.55. The first-order chi connectivity index (χ1) is 13.7. The fourth-order valence-electron chi connectivity index (χ4n) is 2.32. The Balaban J connectivity index is 1.63. The summed E-state index contributed by atoms with van der Waals surface area (Å²) in [6, 6.07) is 16.6. The first kappa shape index (κ1) is 19.4. The molecule has 0 aliphatic rings. The Kier molecular flexibility index (Phi) is 6.59. The van der Waals surface area contributed by atoms with Crippen LogP contribution in [0.1, 0.15) is 16.1 Å². The maximum Gasteiger partial charge on any atom is 0.318 e. The van der Waals surface area contributed by atoms with Gasteiger partial charge in [-0.05, 0) is 29.8 Å². The quantitative estimate of drug-likeness (QED) is 0.597. The van der Waals surface area contributed by atoms with Gasteiger partial charge in [0.2, 0.25) is 0 Å². The highest BCUT2D eigenvalue weighted by Gasteiger charge is 2.15. The van der Waals surface area contributed by atoms with Gasteiger partial charge in [0.05, 0.1) is 0 Å². The van der Waals surface area contributed by atoms with Crippen LogP contribution in [0.15, 0.2) is 76.9 Å². The van der Waals surface area contributed by atoms with Crippen molar-refractivity contribution >= 4 is 29.4 Å². The van der Waals surface area contributed by atoms with E-state index in [-0.39, 0.29) is 17.6 Å². The predicted octanol–water partition coefficient (Wildman–Crippen LogP) is 3.31. The van der Waals surface area contributed by atoms with Gasteiger partial charge >= 0.3 is 6.03 Å². The zero-order chi connectivity index (χ0) is 19.8. The zero-order valence-electron chi connectivity index (χ0n) is 15.2. The molecule has 0 aliphatic carbocycles. The second kappa shape index (κ2) is 9.52. The number of nitrogens with one attached hydrogen (secondary N) is 3. The van der Waals surface area contributed by atoms with Gasteiger partial charge in [0.1, 0.15) is 5.03 Å². The molecular weight excluding hydrogens is 374 g/mol. The number of carbonyl (C=O) groups is 2. The lowest BCUT2D eigenvalue weighted by Gasteiger charge is -2.09. The van der Waals surface area contributed by atoms with Gasteiger partial charge in [-0.25, -0.2) is 14.8 Å². The lowest BCUT2D eigenvalue weighted by atomic mass is 10.2. The highest BCUT2D eigenvalue weighted by molar-refractivity contribution is 7.99. The summed E-state index contributed by atoms with van der Waals surface area (Å²) in [4.78, 5) is 33.4. The van der Waals surface area contributed by atoms with Crippen LogP contribution in [0.25, 0.3) is 0 Å². The summed E-state index contributed by atoms with van der Waals surface area (Å²) in [5, 5.41) is 8.58. The van der Waals surface area contributed by atoms with Crippen molar-refractivity contribution in [2.45, 2.75) is 16.5 Å². The molecule has 0 saturated carbocycles. The van der Waals surface area contributed by atoms with Gasteiger partial charge in [-0.3, -0.25) is 4.79 Å². The topological polar surface area (TPSA) is 96.0 Å². The number of hydrogen-bond donors (Lipinski definition) is 3. The number of hydrogen-bond acceptors (Lipinski definition) is 5. The number of amides is 3. The molecule has 0 bridgehead atoms. The number of benzene rings is 2. The Labute approximate surface area is 167 Å². The molecule has 0 spiro atoms. The molecule has 3 aromatic rings. The maximum absolute atomic E-state index is 12.6. The van der Waals surface area contributed by atoms with E-state index in [1.54, 1.807) is 25.4 Å². The molecule has 0 radical (unpaired) electrons. The average Bonchev–Trinajstić information content (AvgIpc) is 2.74. The first-order valence-corrected chi connectivity index (χ1v) is 9.37. The fourth-order valence-corrected chi connectivity index (χ4v) is 3.19. The van der Waals surface area contributed by atoms with E-state index in [4.69, 9.17) is 0 Å². The van der Waals surface area contributed by atoms with Crippen LogP contribution in [-0.4, -0.2) is 29.0 Å². The molecule has 28 heavy (non-hydrogen) atoms. The average molecular weight is 393 g/mol. The fraction of sp³-hybridized carbons (Fsp3) is 0.100. The lowest BCUT2D eigenvalue weighted by Crippen LogP contribution is -2.25. The number of rotatable bonds is 6. The molecule has 3 N–H and O–H groups in total. The van der Waals surface area contributed by atoms with Crippen LogP contribution in [0.2, 0.25) is 0 Å².